The summed E-state index contributed by atoms with van der Waals surface area (Å²) in [7, 11) is 5.57. The minimum atomic E-state index is -0.298. The van der Waals surface area contributed by atoms with E-state index in [4.69, 9.17) is 14.2 Å². The first-order chi connectivity index (χ1) is 15.1. The van der Waals surface area contributed by atoms with Gasteiger partial charge in [0.15, 0.2) is 17.3 Å². The van der Waals surface area contributed by atoms with E-state index in [0.29, 0.717) is 25.0 Å². The third kappa shape index (κ3) is 3.26. The Hall–Kier alpha value is -2.37. The van der Waals surface area contributed by atoms with Crippen LogP contribution in [0.2, 0.25) is 0 Å². The Morgan fingerprint density at radius 3 is 2.68 bits per heavy atom. The Bertz CT molecular complexity index is 975. The first-order valence-corrected chi connectivity index (χ1v) is 11.2. The van der Waals surface area contributed by atoms with Gasteiger partial charge in [0, 0.05) is 30.6 Å². The number of ketones is 1. The molecule has 3 aliphatic rings. The Morgan fingerprint density at radius 2 is 1.94 bits per heavy atom. The van der Waals surface area contributed by atoms with Gasteiger partial charge in [-0.05, 0) is 56.0 Å². The van der Waals surface area contributed by atoms with Gasteiger partial charge in [0.1, 0.15) is 12.7 Å². The predicted molar refractivity (Wildman–Crippen MR) is 119 cm³/mol. The lowest BCUT2D eigenvalue weighted by Gasteiger charge is -2.59. The fourth-order valence-corrected chi connectivity index (χ4v) is 6.30. The molecule has 2 aliphatic carbocycles. The van der Waals surface area contributed by atoms with Gasteiger partial charge in [-0.3, -0.25) is 4.79 Å². The summed E-state index contributed by atoms with van der Waals surface area (Å²) in [5, 5.41) is 0. The van der Waals surface area contributed by atoms with Gasteiger partial charge >= 0.3 is 0 Å². The van der Waals surface area contributed by atoms with Gasteiger partial charge in [0.05, 0.1) is 7.11 Å². The summed E-state index contributed by atoms with van der Waals surface area (Å²) in [4.78, 5) is 15.6. The molecule has 5 rings (SSSR count). The fourth-order valence-electron chi connectivity index (χ4n) is 6.30. The number of likely N-dealkylation sites (tertiary alicyclic amines) is 1. The van der Waals surface area contributed by atoms with Crippen LogP contribution >= 0.6 is 0 Å². The molecule has 2 aromatic rings. The van der Waals surface area contributed by atoms with Crippen molar-refractivity contribution in [1.82, 2.24) is 4.90 Å². The van der Waals surface area contributed by atoms with Crippen LogP contribution in [0.3, 0.4) is 0 Å². The molecule has 0 amide bonds. The number of ether oxygens (including phenoxy) is 3. The van der Waals surface area contributed by atoms with Crippen LogP contribution in [0.4, 0.5) is 0 Å². The van der Waals surface area contributed by atoms with Crippen molar-refractivity contribution in [2.75, 3.05) is 27.8 Å². The molecule has 1 aliphatic heterocycles. The van der Waals surface area contributed by atoms with Crippen molar-refractivity contribution in [2.24, 2.45) is 5.92 Å². The van der Waals surface area contributed by atoms with E-state index in [1.54, 1.807) is 14.2 Å². The minimum Gasteiger partial charge on any atom is -0.493 e. The molecule has 4 atom stereocenters. The van der Waals surface area contributed by atoms with Gasteiger partial charge in [-0.25, -0.2) is 0 Å². The number of methoxy groups -OCH3 is 2. The summed E-state index contributed by atoms with van der Waals surface area (Å²) in [6.07, 6.45) is 2.91. The molecule has 1 unspecified atom stereocenters. The average Bonchev–Trinajstić information content (AvgIpc) is 2.79. The zero-order valence-corrected chi connectivity index (χ0v) is 18.6. The first kappa shape index (κ1) is 20.5. The molecule has 2 aromatic carbocycles. The van der Waals surface area contributed by atoms with Crippen molar-refractivity contribution in [3.63, 3.8) is 0 Å². The van der Waals surface area contributed by atoms with Crippen LogP contribution in [0.5, 0.6) is 11.5 Å². The standard InChI is InChI=1S/C26H31NO4/c1-27-12-11-26-15-21(28)23(30-3)14-19(26)20(27)13-18-9-10-22(29-2)25(24(18)26)31-16-17-7-5-4-6-8-17/h4-10,19-20,23H,11-16H2,1-3H3/t19-,20+,23?,26-/m0/s1. The number of benzene rings is 2. The molecular formula is C26H31NO4. The van der Waals surface area contributed by atoms with Crippen LogP contribution in [-0.2, 0) is 28.0 Å². The Kier molecular flexibility index (Phi) is 5.27. The van der Waals surface area contributed by atoms with Gasteiger partial charge < -0.3 is 19.1 Å². The molecule has 2 bridgehead atoms. The second kappa shape index (κ2) is 7.95. The topological polar surface area (TPSA) is 48.0 Å². The summed E-state index contributed by atoms with van der Waals surface area (Å²) >= 11 is 0. The van der Waals surface area contributed by atoms with E-state index < -0.39 is 0 Å². The van der Waals surface area contributed by atoms with Crippen LogP contribution in [0.15, 0.2) is 42.5 Å². The van der Waals surface area contributed by atoms with Gasteiger partial charge in [-0.2, -0.15) is 0 Å². The fraction of sp³-hybridized carbons (Fsp3) is 0.500. The summed E-state index contributed by atoms with van der Waals surface area (Å²) in [6.45, 7) is 1.47. The van der Waals surface area contributed by atoms with Gasteiger partial charge in [0.25, 0.3) is 0 Å². The van der Waals surface area contributed by atoms with E-state index >= 15 is 0 Å². The van der Waals surface area contributed by atoms with Crippen LogP contribution in [-0.4, -0.2) is 50.6 Å². The maximum absolute atomic E-state index is 13.1. The molecule has 0 spiro atoms. The van der Waals surface area contributed by atoms with Crippen LogP contribution < -0.4 is 9.47 Å². The van der Waals surface area contributed by atoms with Gasteiger partial charge in [0.2, 0.25) is 0 Å². The van der Waals surface area contributed by atoms with E-state index in [1.807, 2.05) is 24.3 Å². The van der Waals surface area contributed by atoms with E-state index in [2.05, 4.69) is 30.1 Å². The maximum Gasteiger partial charge on any atom is 0.165 e. The minimum absolute atomic E-state index is 0.211. The lowest BCUT2D eigenvalue weighted by Crippen LogP contribution is -2.63. The van der Waals surface area contributed by atoms with Crippen LogP contribution in [0.25, 0.3) is 0 Å². The molecule has 2 fully saturated rings. The lowest BCUT2D eigenvalue weighted by atomic mass is 9.51. The zero-order valence-electron chi connectivity index (χ0n) is 18.6. The van der Waals surface area contributed by atoms with E-state index in [0.717, 1.165) is 42.9 Å². The van der Waals surface area contributed by atoms with Crippen molar-refractivity contribution in [3.05, 3.63) is 59.2 Å². The number of rotatable bonds is 5. The molecule has 1 saturated carbocycles. The average molecular weight is 422 g/mol. The third-order valence-electron chi connectivity index (χ3n) is 7.83. The highest BCUT2D eigenvalue weighted by atomic mass is 16.5. The van der Waals surface area contributed by atoms with Crippen molar-refractivity contribution in [2.45, 2.75) is 49.9 Å². The molecule has 5 nitrogen and oxygen atoms in total. The molecule has 0 radical (unpaired) electrons. The molecule has 164 valence electrons. The Labute approximate surface area is 184 Å². The number of carbonyl (C=O) groups is 1. The van der Waals surface area contributed by atoms with Gasteiger partial charge in [-0.15, -0.1) is 0 Å². The van der Waals surface area contributed by atoms with E-state index in [1.165, 1.54) is 11.1 Å². The van der Waals surface area contributed by atoms with Crippen molar-refractivity contribution in [3.8, 4) is 11.5 Å². The van der Waals surface area contributed by atoms with Crippen molar-refractivity contribution < 1.29 is 19.0 Å². The second-order valence-electron chi connectivity index (χ2n) is 9.27. The molecule has 1 saturated heterocycles. The maximum atomic E-state index is 13.1. The van der Waals surface area contributed by atoms with Crippen molar-refractivity contribution >= 4 is 5.78 Å². The highest BCUT2D eigenvalue weighted by Gasteiger charge is 2.58. The summed E-state index contributed by atoms with van der Waals surface area (Å²) in [6, 6.07) is 14.8. The Balaban J connectivity index is 1.62. The number of nitrogens with zero attached hydrogens (tertiary/aromatic N) is 1. The zero-order chi connectivity index (χ0) is 21.6. The van der Waals surface area contributed by atoms with Crippen LogP contribution in [0.1, 0.15) is 36.0 Å². The highest BCUT2D eigenvalue weighted by Crippen LogP contribution is 2.58. The number of carbonyl (C=O) groups excluding carboxylic acids is 1. The molecular weight excluding hydrogens is 390 g/mol. The summed E-state index contributed by atoms with van der Waals surface area (Å²) in [5.74, 6) is 2.15. The van der Waals surface area contributed by atoms with Crippen LogP contribution in [0, 0.1) is 5.92 Å². The van der Waals surface area contributed by atoms with Gasteiger partial charge in [-0.1, -0.05) is 36.4 Å². The number of Topliss-reactive ketones (excluding diaryl/α,β-unsaturated/α-hetero) is 1. The predicted octanol–water partition coefficient (Wildman–Crippen LogP) is 3.77. The normalized spacial score (nSPS) is 29.8. The molecule has 5 heteroatoms. The van der Waals surface area contributed by atoms with Crippen molar-refractivity contribution in [1.29, 1.82) is 0 Å². The van der Waals surface area contributed by atoms with E-state index in [9.17, 15) is 4.79 Å². The summed E-state index contributed by atoms with van der Waals surface area (Å²) < 4.78 is 17.8. The largest absolute Gasteiger partial charge is 0.493 e. The smallest absolute Gasteiger partial charge is 0.165 e. The number of likely N-dealkylation sites (N-methyl/N-ethyl adjacent to an activating group) is 1. The molecule has 0 N–H and O–H groups in total. The molecule has 1 heterocycles. The monoisotopic (exact) mass is 421 g/mol. The first-order valence-electron chi connectivity index (χ1n) is 11.2. The molecule has 0 aromatic heterocycles. The quantitative estimate of drug-likeness (QED) is 0.736. The number of hydrogen-bond acceptors (Lipinski definition) is 5. The summed E-state index contributed by atoms with van der Waals surface area (Å²) in [5.41, 5.74) is 3.41. The third-order valence-corrected chi connectivity index (χ3v) is 7.83. The number of hydrogen-bond donors (Lipinski definition) is 0. The molecule has 31 heavy (non-hydrogen) atoms. The lowest BCUT2D eigenvalue weighted by molar-refractivity contribution is -0.141. The number of fused-ring (bicyclic) bond motifs is 1. The SMILES string of the molecule is COc1ccc2c(c1OCc1ccccc1)[C@]13CCN(C)[C@H](C2)[C@@H]1CC(OC)C(=O)C3. The highest BCUT2D eigenvalue weighted by molar-refractivity contribution is 5.86. The number of piperidine rings is 1. The Morgan fingerprint density at radius 1 is 1.13 bits per heavy atom. The second-order valence-corrected chi connectivity index (χ2v) is 9.27. The van der Waals surface area contributed by atoms with E-state index in [-0.39, 0.29) is 17.3 Å².